The number of halogens is 1. The van der Waals surface area contributed by atoms with E-state index in [4.69, 9.17) is 11.6 Å². The van der Waals surface area contributed by atoms with Gasteiger partial charge < -0.3 is 14.9 Å². The Morgan fingerprint density at radius 3 is 2.69 bits per heavy atom. The van der Waals surface area contributed by atoms with Crippen LogP contribution in [0.5, 0.6) is 0 Å². The van der Waals surface area contributed by atoms with E-state index in [1.54, 1.807) is 37.2 Å². The van der Waals surface area contributed by atoms with Gasteiger partial charge in [0, 0.05) is 50.2 Å². The summed E-state index contributed by atoms with van der Waals surface area (Å²) < 4.78 is 0. The van der Waals surface area contributed by atoms with Gasteiger partial charge in [-0.1, -0.05) is 23.7 Å². The second-order valence-corrected chi connectivity index (χ2v) is 7.21. The summed E-state index contributed by atoms with van der Waals surface area (Å²) in [6.45, 7) is 1.29. The molecule has 1 aliphatic rings. The van der Waals surface area contributed by atoms with E-state index in [0.29, 0.717) is 24.5 Å². The molecule has 0 fully saturated rings. The van der Waals surface area contributed by atoms with Crippen molar-refractivity contribution in [3.8, 4) is 0 Å². The standard InChI is InChI=1S/C20H21ClN2O3/c1-22(2)19(24)9-15-12-23(18-7-6-16(21)10-17(15)18)11-13-4-3-5-14(8-13)20(25)26/h3-8,10,15H,9,11-12H2,1-2H3,(H,25,26). The van der Waals surface area contributed by atoms with Crippen LogP contribution >= 0.6 is 11.6 Å². The van der Waals surface area contributed by atoms with Gasteiger partial charge in [0.25, 0.3) is 0 Å². The molecule has 0 aromatic heterocycles. The molecule has 1 aliphatic heterocycles. The topological polar surface area (TPSA) is 60.9 Å². The van der Waals surface area contributed by atoms with Crippen LogP contribution in [0.4, 0.5) is 5.69 Å². The summed E-state index contributed by atoms with van der Waals surface area (Å²) >= 11 is 6.17. The van der Waals surface area contributed by atoms with Gasteiger partial charge in [-0.05, 0) is 41.5 Å². The molecular formula is C20H21ClN2O3. The maximum atomic E-state index is 12.2. The van der Waals surface area contributed by atoms with Crippen molar-refractivity contribution < 1.29 is 14.7 Å². The first-order chi connectivity index (χ1) is 12.3. The number of aromatic carboxylic acids is 1. The van der Waals surface area contributed by atoms with Crippen molar-refractivity contribution in [3.63, 3.8) is 0 Å². The minimum atomic E-state index is -0.935. The molecule has 0 bridgehead atoms. The van der Waals surface area contributed by atoms with Crippen LogP contribution in [0.2, 0.25) is 5.02 Å². The summed E-state index contributed by atoms with van der Waals surface area (Å²) in [6.07, 6.45) is 0.423. The molecule has 1 unspecified atom stereocenters. The smallest absolute Gasteiger partial charge is 0.335 e. The Morgan fingerprint density at radius 1 is 1.23 bits per heavy atom. The largest absolute Gasteiger partial charge is 0.478 e. The minimum absolute atomic E-state index is 0.0706. The van der Waals surface area contributed by atoms with Crippen molar-refractivity contribution in [2.45, 2.75) is 18.9 Å². The third-order valence-electron chi connectivity index (χ3n) is 4.68. The van der Waals surface area contributed by atoms with Crippen molar-refractivity contribution >= 4 is 29.2 Å². The van der Waals surface area contributed by atoms with Crippen LogP contribution in [0.25, 0.3) is 0 Å². The number of carboxylic acids is 1. The number of rotatable bonds is 5. The van der Waals surface area contributed by atoms with E-state index in [9.17, 15) is 14.7 Å². The molecule has 26 heavy (non-hydrogen) atoms. The minimum Gasteiger partial charge on any atom is -0.478 e. The number of hydrogen-bond donors (Lipinski definition) is 1. The molecule has 1 amide bonds. The number of carbonyl (C=O) groups excluding carboxylic acids is 1. The highest BCUT2D eigenvalue weighted by atomic mass is 35.5. The van der Waals surface area contributed by atoms with Gasteiger partial charge in [0.1, 0.15) is 0 Å². The number of fused-ring (bicyclic) bond motifs is 1. The molecule has 0 radical (unpaired) electrons. The second-order valence-electron chi connectivity index (χ2n) is 6.78. The third-order valence-corrected chi connectivity index (χ3v) is 4.91. The molecule has 6 heteroatoms. The van der Waals surface area contributed by atoms with E-state index in [0.717, 1.165) is 16.8 Å². The highest BCUT2D eigenvalue weighted by Gasteiger charge is 2.30. The van der Waals surface area contributed by atoms with Gasteiger partial charge in [-0.2, -0.15) is 0 Å². The zero-order chi connectivity index (χ0) is 18.8. The molecule has 2 aromatic rings. The van der Waals surface area contributed by atoms with Gasteiger partial charge in [-0.3, -0.25) is 4.79 Å². The van der Waals surface area contributed by atoms with Crippen LogP contribution < -0.4 is 4.90 Å². The lowest BCUT2D eigenvalue weighted by Gasteiger charge is -2.20. The molecule has 0 saturated carbocycles. The summed E-state index contributed by atoms with van der Waals surface area (Å²) in [5.74, 6) is -0.785. The Labute approximate surface area is 157 Å². The van der Waals surface area contributed by atoms with Gasteiger partial charge in [-0.15, -0.1) is 0 Å². The average Bonchev–Trinajstić information content (AvgIpc) is 2.91. The molecule has 3 rings (SSSR count). The third kappa shape index (κ3) is 3.83. The van der Waals surface area contributed by atoms with Crippen molar-refractivity contribution in [1.82, 2.24) is 4.90 Å². The molecule has 136 valence electrons. The van der Waals surface area contributed by atoms with Crippen LogP contribution in [0.3, 0.4) is 0 Å². The molecule has 1 heterocycles. The van der Waals surface area contributed by atoms with Crippen molar-refractivity contribution in [1.29, 1.82) is 0 Å². The fourth-order valence-electron chi connectivity index (χ4n) is 3.34. The fourth-order valence-corrected chi connectivity index (χ4v) is 3.52. The molecule has 0 saturated heterocycles. The van der Waals surface area contributed by atoms with Gasteiger partial charge in [0.2, 0.25) is 5.91 Å². The van der Waals surface area contributed by atoms with Crippen LogP contribution in [0, 0.1) is 0 Å². The summed E-state index contributed by atoms with van der Waals surface area (Å²) in [6, 6.07) is 12.7. The van der Waals surface area contributed by atoms with E-state index in [1.165, 1.54) is 0 Å². The number of hydrogen-bond acceptors (Lipinski definition) is 3. The van der Waals surface area contributed by atoms with Crippen molar-refractivity contribution in [3.05, 3.63) is 64.2 Å². The lowest BCUT2D eigenvalue weighted by atomic mass is 9.97. The van der Waals surface area contributed by atoms with Crippen LogP contribution in [-0.4, -0.2) is 42.5 Å². The van der Waals surface area contributed by atoms with E-state index >= 15 is 0 Å². The van der Waals surface area contributed by atoms with Crippen molar-refractivity contribution in [2.24, 2.45) is 0 Å². The van der Waals surface area contributed by atoms with Gasteiger partial charge in [-0.25, -0.2) is 4.79 Å². The summed E-state index contributed by atoms with van der Waals surface area (Å²) in [4.78, 5) is 27.2. The lowest BCUT2D eigenvalue weighted by molar-refractivity contribution is -0.129. The molecule has 0 aliphatic carbocycles. The maximum Gasteiger partial charge on any atom is 0.335 e. The SMILES string of the molecule is CN(C)C(=O)CC1CN(Cc2cccc(C(=O)O)c2)c2ccc(Cl)cc21. The summed E-state index contributed by atoms with van der Waals surface area (Å²) in [7, 11) is 3.51. The number of amides is 1. The van der Waals surface area contributed by atoms with Crippen LogP contribution in [0.1, 0.15) is 33.8 Å². The Morgan fingerprint density at radius 2 is 2.00 bits per heavy atom. The van der Waals surface area contributed by atoms with Gasteiger partial charge in [0.05, 0.1) is 5.56 Å². The fraction of sp³-hybridized carbons (Fsp3) is 0.300. The first kappa shape index (κ1) is 18.3. The van der Waals surface area contributed by atoms with Gasteiger partial charge >= 0.3 is 5.97 Å². The Kier molecular flexibility index (Phi) is 5.18. The first-order valence-corrected chi connectivity index (χ1v) is 8.79. The summed E-state index contributed by atoms with van der Waals surface area (Å²) in [5.41, 5.74) is 3.32. The Bertz CT molecular complexity index is 851. The number of carbonyl (C=O) groups is 2. The van der Waals surface area contributed by atoms with Crippen molar-refractivity contribution in [2.75, 3.05) is 25.5 Å². The molecular weight excluding hydrogens is 352 g/mol. The zero-order valence-electron chi connectivity index (χ0n) is 14.8. The highest BCUT2D eigenvalue weighted by Crippen LogP contribution is 2.40. The molecule has 2 aromatic carbocycles. The Hall–Kier alpha value is -2.53. The number of benzene rings is 2. The van der Waals surface area contributed by atoms with Crippen LogP contribution in [-0.2, 0) is 11.3 Å². The first-order valence-electron chi connectivity index (χ1n) is 8.42. The number of nitrogens with zero attached hydrogens (tertiary/aromatic N) is 2. The highest BCUT2D eigenvalue weighted by molar-refractivity contribution is 6.30. The second kappa shape index (κ2) is 7.38. The summed E-state index contributed by atoms with van der Waals surface area (Å²) in [5, 5.41) is 9.83. The van der Waals surface area contributed by atoms with E-state index in [2.05, 4.69) is 4.90 Å². The van der Waals surface area contributed by atoms with Crippen LogP contribution in [0.15, 0.2) is 42.5 Å². The molecule has 0 spiro atoms. The zero-order valence-corrected chi connectivity index (χ0v) is 15.5. The quantitative estimate of drug-likeness (QED) is 0.870. The molecule has 5 nitrogen and oxygen atoms in total. The number of anilines is 1. The lowest BCUT2D eigenvalue weighted by Crippen LogP contribution is -2.26. The Balaban J connectivity index is 1.86. The predicted molar refractivity (Wildman–Crippen MR) is 102 cm³/mol. The monoisotopic (exact) mass is 372 g/mol. The van der Waals surface area contributed by atoms with E-state index < -0.39 is 5.97 Å². The average molecular weight is 373 g/mol. The molecule has 1 N–H and O–H groups in total. The van der Waals surface area contributed by atoms with E-state index in [1.807, 2.05) is 24.3 Å². The maximum absolute atomic E-state index is 12.2. The number of carboxylic acid groups (broad SMARTS) is 1. The van der Waals surface area contributed by atoms with E-state index in [-0.39, 0.29) is 17.4 Å². The predicted octanol–water partition coefficient (Wildman–Crippen LogP) is 3.62. The van der Waals surface area contributed by atoms with Gasteiger partial charge in [0.15, 0.2) is 0 Å². The normalized spacial score (nSPS) is 15.7. The molecule has 1 atom stereocenters.